The summed E-state index contributed by atoms with van der Waals surface area (Å²) in [5.41, 5.74) is 5.01. The third kappa shape index (κ3) is 5.90. The van der Waals surface area contributed by atoms with Crippen LogP contribution in [0.2, 0.25) is 0 Å². The molecule has 0 unspecified atom stereocenters. The molecule has 0 aliphatic heterocycles. The van der Waals surface area contributed by atoms with Gasteiger partial charge in [0.15, 0.2) is 0 Å². The van der Waals surface area contributed by atoms with Crippen molar-refractivity contribution in [3.63, 3.8) is 0 Å². The number of rotatable bonds is 10. The van der Waals surface area contributed by atoms with E-state index in [1.807, 2.05) is 0 Å². The van der Waals surface area contributed by atoms with Gasteiger partial charge >= 0.3 is 5.69 Å². The Labute approximate surface area is 210 Å². The molecule has 3 N–H and O–H groups in total. The van der Waals surface area contributed by atoms with Crippen LogP contribution in [0.5, 0.6) is 0 Å². The van der Waals surface area contributed by atoms with E-state index in [4.69, 9.17) is 0 Å². The Balaban J connectivity index is 1.82. The maximum Gasteiger partial charge on any atom is 0.355 e. The fraction of sp³-hybridized carbons (Fsp3) is 0.190. The predicted molar refractivity (Wildman–Crippen MR) is 134 cm³/mol. The van der Waals surface area contributed by atoms with Crippen LogP contribution in [0, 0.1) is 10.1 Å². The van der Waals surface area contributed by atoms with Crippen molar-refractivity contribution in [3.05, 3.63) is 75.0 Å². The van der Waals surface area contributed by atoms with E-state index in [1.54, 1.807) is 38.1 Å². The molecule has 0 spiro atoms. The van der Waals surface area contributed by atoms with E-state index in [2.05, 4.69) is 42.1 Å². The molecule has 1 amide bonds. The lowest BCUT2D eigenvalue weighted by molar-refractivity contribution is -0.383. The molecule has 0 aliphatic rings. The molecule has 0 radical (unpaired) electrons. The number of aromatic nitrogens is 2. The van der Waals surface area contributed by atoms with Gasteiger partial charge in [-0.2, -0.15) is 4.31 Å². The molecule has 3 aromatic rings. The van der Waals surface area contributed by atoms with Crippen LogP contribution in [0.25, 0.3) is 0 Å². The summed E-state index contributed by atoms with van der Waals surface area (Å²) in [6.45, 7) is 4.16. The molecule has 0 fully saturated rings. The maximum absolute atomic E-state index is 12.7. The van der Waals surface area contributed by atoms with Gasteiger partial charge in [-0.3, -0.25) is 25.8 Å². The highest BCUT2D eigenvalue weighted by Gasteiger charge is 2.25. The van der Waals surface area contributed by atoms with Crippen LogP contribution in [-0.4, -0.2) is 46.6 Å². The van der Waals surface area contributed by atoms with Crippen LogP contribution in [0.1, 0.15) is 24.2 Å². The molecule has 0 saturated heterocycles. The lowest BCUT2D eigenvalue weighted by atomic mass is 10.2. The number of sulfonamides is 1. The van der Waals surface area contributed by atoms with Gasteiger partial charge in [0, 0.05) is 23.2 Å². The number of halogens is 1. The molecule has 1 heterocycles. The van der Waals surface area contributed by atoms with E-state index in [9.17, 15) is 23.3 Å². The Morgan fingerprint density at radius 1 is 1.06 bits per heavy atom. The zero-order chi connectivity index (χ0) is 25.6. The van der Waals surface area contributed by atoms with E-state index in [0.29, 0.717) is 28.8 Å². The second-order valence-corrected chi connectivity index (χ2v) is 9.77. The number of nitrogens with zero attached hydrogens (tertiary/aromatic N) is 4. The summed E-state index contributed by atoms with van der Waals surface area (Å²) in [5.74, 6) is -0.930. The van der Waals surface area contributed by atoms with Gasteiger partial charge in [-0.15, -0.1) is 0 Å². The second kappa shape index (κ2) is 11.2. The maximum atomic E-state index is 12.7. The van der Waals surface area contributed by atoms with Gasteiger partial charge in [0.25, 0.3) is 5.91 Å². The van der Waals surface area contributed by atoms with E-state index in [0.717, 1.165) is 6.33 Å². The zero-order valence-corrected chi connectivity index (χ0v) is 21.1. The first-order chi connectivity index (χ1) is 16.7. The highest BCUT2D eigenvalue weighted by molar-refractivity contribution is 9.10. The molecule has 35 heavy (non-hydrogen) atoms. The van der Waals surface area contributed by atoms with Gasteiger partial charge in [-0.1, -0.05) is 26.0 Å². The van der Waals surface area contributed by atoms with Gasteiger partial charge in [0.2, 0.25) is 21.7 Å². The van der Waals surface area contributed by atoms with Crippen molar-refractivity contribution in [2.24, 2.45) is 0 Å². The number of benzene rings is 2. The minimum atomic E-state index is -3.64. The van der Waals surface area contributed by atoms with Gasteiger partial charge in [0.1, 0.15) is 6.33 Å². The molecular weight excluding hydrogens is 542 g/mol. The van der Waals surface area contributed by atoms with Crippen molar-refractivity contribution in [1.82, 2.24) is 19.7 Å². The van der Waals surface area contributed by atoms with Crippen LogP contribution in [0.3, 0.4) is 0 Å². The topological polar surface area (TPSA) is 159 Å². The average Bonchev–Trinajstić information content (AvgIpc) is 2.83. The van der Waals surface area contributed by atoms with Crippen LogP contribution < -0.4 is 16.2 Å². The smallest absolute Gasteiger partial charge is 0.334 e. The van der Waals surface area contributed by atoms with E-state index >= 15 is 0 Å². The van der Waals surface area contributed by atoms with Gasteiger partial charge in [0.05, 0.1) is 15.4 Å². The minimum Gasteiger partial charge on any atom is -0.334 e. The fourth-order valence-electron chi connectivity index (χ4n) is 3.12. The SMILES string of the molecule is CCN(CC)S(=O)(=O)c1ccc(Nc2ncnc(NNC(=O)c3ccccc3Br)c2[N+](=O)[O-])cc1. The average molecular weight is 564 g/mol. The van der Waals surface area contributed by atoms with Crippen LogP contribution in [0.4, 0.5) is 23.0 Å². The molecule has 12 nitrogen and oxygen atoms in total. The summed E-state index contributed by atoms with van der Waals surface area (Å²) >= 11 is 3.27. The van der Waals surface area contributed by atoms with Crippen molar-refractivity contribution in [2.45, 2.75) is 18.7 Å². The Morgan fingerprint density at radius 3 is 2.29 bits per heavy atom. The van der Waals surface area contributed by atoms with Crippen LogP contribution in [-0.2, 0) is 10.0 Å². The van der Waals surface area contributed by atoms with E-state index in [1.165, 1.54) is 28.6 Å². The number of hydrazine groups is 1. The molecule has 0 bridgehead atoms. The first kappa shape index (κ1) is 26.0. The summed E-state index contributed by atoms with van der Waals surface area (Å²) in [4.78, 5) is 31.4. The van der Waals surface area contributed by atoms with E-state index in [-0.39, 0.29) is 16.5 Å². The molecule has 184 valence electrons. The number of carbonyl (C=O) groups excluding carboxylic acids is 1. The van der Waals surface area contributed by atoms with Crippen molar-refractivity contribution in [3.8, 4) is 0 Å². The molecule has 0 atom stereocenters. The largest absolute Gasteiger partial charge is 0.355 e. The molecule has 0 saturated carbocycles. The van der Waals surface area contributed by atoms with Crippen molar-refractivity contribution in [1.29, 1.82) is 0 Å². The zero-order valence-electron chi connectivity index (χ0n) is 18.7. The Hall–Kier alpha value is -3.62. The number of hydrogen-bond acceptors (Lipinski definition) is 9. The van der Waals surface area contributed by atoms with Crippen LogP contribution >= 0.6 is 15.9 Å². The molecule has 3 rings (SSSR count). The summed E-state index contributed by atoms with van der Waals surface area (Å²) in [5, 5.41) is 14.6. The van der Waals surface area contributed by atoms with Gasteiger partial charge < -0.3 is 5.32 Å². The molecule has 2 aromatic carbocycles. The molecule has 1 aromatic heterocycles. The summed E-state index contributed by atoms with van der Waals surface area (Å²) < 4.78 is 27.2. The lowest BCUT2D eigenvalue weighted by Gasteiger charge is -2.18. The first-order valence-corrected chi connectivity index (χ1v) is 12.6. The quantitative estimate of drug-likeness (QED) is 0.247. The summed E-state index contributed by atoms with van der Waals surface area (Å²) in [6, 6.07) is 12.4. The van der Waals surface area contributed by atoms with Crippen LogP contribution in [0.15, 0.2) is 64.2 Å². The highest BCUT2D eigenvalue weighted by atomic mass is 79.9. The summed E-state index contributed by atoms with van der Waals surface area (Å²) in [6.07, 6.45) is 1.08. The Kier molecular flexibility index (Phi) is 8.32. The number of nitro groups is 1. The summed E-state index contributed by atoms with van der Waals surface area (Å²) in [7, 11) is -3.64. The normalized spacial score (nSPS) is 11.2. The number of nitrogens with one attached hydrogen (secondary N) is 3. The number of hydrogen-bond donors (Lipinski definition) is 3. The number of amides is 1. The Morgan fingerprint density at radius 2 is 1.69 bits per heavy atom. The van der Waals surface area contributed by atoms with Crippen molar-refractivity contribution in [2.75, 3.05) is 23.8 Å². The minimum absolute atomic E-state index is 0.0982. The molecule has 0 aliphatic carbocycles. The number of carbonyl (C=O) groups is 1. The van der Waals surface area contributed by atoms with Crippen molar-refractivity contribution >= 4 is 54.9 Å². The van der Waals surface area contributed by atoms with E-state index < -0.39 is 26.5 Å². The monoisotopic (exact) mass is 563 g/mol. The van der Waals surface area contributed by atoms with Gasteiger partial charge in [-0.25, -0.2) is 18.4 Å². The first-order valence-electron chi connectivity index (χ1n) is 10.4. The fourth-order valence-corrected chi connectivity index (χ4v) is 5.05. The lowest BCUT2D eigenvalue weighted by Crippen LogP contribution is -2.30. The molecular formula is C21H22BrN7O5S. The third-order valence-electron chi connectivity index (χ3n) is 4.88. The Bertz CT molecular complexity index is 1330. The van der Waals surface area contributed by atoms with Gasteiger partial charge in [-0.05, 0) is 52.3 Å². The third-order valence-corrected chi connectivity index (χ3v) is 7.63. The predicted octanol–water partition coefficient (Wildman–Crippen LogP) is 3.68. The number of anilines is 3. The standard InChI is InChI=1S/C21H22BrN7O5S/c1-3-28(4-2)35(33,34)15-11-9-14(10-12-15)25-19-18(29(31)32)20(24-13-23-19)26-27-21(30)16-7-5-6-8-17(16)22/h5-13H,3-4H2,1-2H3,(H,27,30)(H2,23,24,25,26). The van der Waals surface area contributed by atoms with Crippen molar-refractivity contribution < 1.29 is 18.1 Å². The molecule has 14 heteroatoms. The second-order valence-electron chi connectivity index (χ2n) is 6.97. The highest BCUT2D eigenvalue weighted by Crippen LogP contribution is 2.31.